The van der Waals surface area contributed by atoms with Crippen molar-refractivity contribution < 1.29 is 13.2 Å². The number of alkyl halides is 3. The van der Waals surface area contributed by atoms with Crippen molar-refractivity contribution in [3.8, 4) is 0 Å². The van der Waals surface area contributed by atoms with Gasteiger partial charge in [-0.05, 0) is 19.1 Å². The summed E-state index contributed by atoms with van der Waals surface area (Å²) in [7, 11) is 0. The zero-order valence-corrected chi connectivity index (χ0v) is 16.1. The quantitative estimate of drug-likeness (QED) is 0.502. The van der Waals surface area contributed by atoms with Gasteiger partial charge < -0.3 is 14.2 Å². The fourth-order valence-corrected chi connectivity index (χ4v) is 3.77. The summed E-state index contributed by atoms with van der Waals surface area (Å²) in [5.41, 5.74) is 1.83. The van der Waals surface area contributed by atoms with Crippen molar-refractivity contribution in [2.24, 2.45) is 0 Å². The molecule has 0 aliphatic carbocycles. The van der Waals surface area contributed by atoms with Crippen LogP contribution in [0.15, 0.2) is 42.9 Å². The summed E-state index contributed by atoms with van der Waals surface area (Å²) in [6.45, 7) is 4.43. The monoisotopic (exact) mass is 413 g/mol. The Labute approximate surface area is 169 Å². The summed E-state index contributed by atoms with van der Waals surface area (Å²) in [5, 5.41) is 0. The Balaban J connectivity index is 1.40. The van der Waals surface area contributed by atoms with Crippen LogP contribution >= 0.6 is 0 Å². The van der Waals surface area contributed by atoms with Crippen molar-refractivity contribution in [1.29, 1.82) is 0 Å². The van der Waals surface area contributed by atoms with Gasteiger partial charge in [-0.3, -0.25) is 0 Å². The molecule has 1 saturated heterocycles. The Bertz CT molecular complexity index is 1230. The minimum Gasteiger partial charge on any atom is -0.352 e. The van der Waals surface area contributed by atoms with E-state index >= 15 is 0 Å². The summed E-state index contributed by atoms with van der Waals surface area (Å²) in [5.74, 6) is 1.29. The number of para-hydroxylation sites is 2. The fraction of sp³-hybridized carbons (Fsp3) is 0.300. The number of hydrogen-bond donors (Lipinski definition) is 0. The Kier molecular flexibility index (Phi) is 4.23. The highest BCUT2D eigenvalue weighted by Gasteiger charge is 2.35. The number of anilines is 2. The van der Waals surface area contributed by atoms with E-state index in [9.17, 15) is 13.2 Å². The van der Waals surface area contributed by atoms with E-state index in [0.29, 0.717) is 32.0 Å². The van der Waals surface area contributed by atoms with Crippen molar-refractivity contribution in [2.75, 3.05) is 36.0 Å². The van der Waals surface area contributed by atoms with Crippen molar-refractivity contribution >= 4 is 28.3 Å². The number of rotatable bonds is 2. The van der Waals surface area contributed by atoms with Gasteiger partial charge in [-0.1, -0.05) is 12.1 Å². The normalized spacial score (nSPS) is 15.3. The van der Waals surface area contributed by atoms with Crippen molar-refractivity contribution in [2.45, 2.75) is 13.1 Å². The highest BCUT2D eigenvalue weighted by Crippen LogP contribution is 2.30. The zero-order chi connectivity index (χ0) is 20.9. The molecule has 4 aromatic rings. The predicted octanol–water partition coefficient (Wildman–Crippen LogP) is 3.33. The van der Waals surface area contributed by atoms with Crippen molar-refractivity contribution in [3.05, 3.63) is 54.2 Å². The molecule has 10 heteroatoms. The largest absolute Gasteiger partial charge is 0.434 e. The molecule has 0 spiro atoms. The van der Waals surface area contributed by atoms with Crippen LogP contribution in [-0.2, 0) is 6.18 Å². The van der Waals surface area contributed by atoms with Crippen LogP contribution in [-0.4, -0.2) is 50.5 Å². The fourth-order valence-electron chi connectivity index (χ4n) is 3.77. The van der Waals surface area contributed by atoms with Gasteiger partial charge in [-0.15, -0.1) is 0 Å². The van der Waals surface area contributed by atoms with E-state index < -0.39 is 11.9 Å². The predicted molar refractivity (Wildman–Crippen MR) is 107 cm³/mol. The van der Waals surface area contributed by atoms with E-state index in [-0.39, 0.29) is 5.65 Å². The molecule has 0 radical (unpaired) electrons. The lowest BCUT2D eigenvalue weighted by atomic mass is 10.2. The second kappa shape index (κ2) is 6.82. The van der Waals surface area contributed by atoms with Crippen molar-refractivity contribution in [3.63, 3.8) is 0 Å². The van der Waals surface area contributed by atoms with Gasteiger partial charge in [0.1, 0.15) is 0 Å². The van der Waals surface area contributed by atoms with Crippen LogP contribution in [0.25, 0.3) is 16.7 Å². The number of aromatic nitrogens is 5. The maximum absolute atomic E-state index is 13.1. The summed E-state index contributed by atoms with van der Waals surface area (Å²) in [6, 6.07) is 7.73. The number of halogens is 3. The molecule has 5 rings (SSSR count). The zero-order valence-electron chi connectivity index (χ0n) is 16.1. The molecule has 0 atom stereocenters. The first kappa shape index (κ1) is 18.6. The van der Waals surface area contributed by atoms with Gasteiger partial charge in [0, 0.05) is 44.8 Å². The van der Waals surface area contributed by atoms with E-state index in [4.69, 9.17) is 4.98 Å². The van der Waals surface area contributed by atoms with Crippen molar-refractivity contribution in [1.82, 2.24) is 24.3 Å². The average molecular weight is 413 g/mol. The highest BCUT2D eigenvalue weighted by molar-refractivity contribution is 5.76. The number of nitrogens with zero attached hydrogens (tertiary/aromatic N) is 7. The van der Waals surface area contributed by atoms with Gasteiger partial charge in [0.15, 0.2) is 23.0 Å². The van der Waals surface area contributed by atoms with E-state index in [1.54, 1.807) is 0 Å². The van der Waals surface area contributed by atoms with Crippen LogP contribution in [0.5, 0.6) is 0 Å². The van der Waals surface area contributed by atoms with E-state index in [2.05, 4.69) is 19.9 Å². The summed E-state index contributed by atoms with van der Waals surface area (Å²) >= 11 is 0. The van der Waals surface area contributed by atoms with Crippen LogP contribution in [0.3, 0.4) is 0 Å². The Morgan fingerprint density at radius 2 is 1.50 bits per heavy atom. The minimum atomic E-state index is -4.49. The van der Waals surface area contributed by atoms with Gasteiger partial charge in [-0.25, -0.2) is 19.9 Å². The van der Waals surface area contributed by atoms with Gasteiger partial charge >= 0.3 is 6.18 Å². The number of imidazole rings is 1. The lowest BCUT2D eigenvalue weighted by Gasteiger charge is -2.36. The second-order valence-electron chi connectivity index (χ2n) is 7.20. The number of piperazine rings is 1. The van der Waals surface area contributed by atoms with Gasteiger partial charge in [-0.2, -0.15) is 13.2 Å². The smallest absolute Gasteiger partial charge is 0.352 e. The molecule has 154 valence electrons. The van der Waals surface area contributed by atoms with Crippen LogP contribution < -0.4 is 9.80 Å². The molecule has 0 N–H and O–H groups in total. The molecule has 30 heavy (non-hydrogen) atoms. The number of benzene rings is 1. The molecule has 4 heterocycles. The third-order valence-corrected chi connectivity index (χ3v) is 5.25. The maximum Gasteiger partial charge on any atom is 0.434 e. The molecule has 3 aromatic heterocycles. The molecule has 1 fully saturated rings. The van der Waals surface area contributed by atoms with E-state index in [0.717, 1.165) is 28.7 Å². The number of hydrogen-bond acceptors (Lipinski definition) is 6. The first-order chi connectivity index (χ1) is 14.4. The van der Waals surface area contributed by atoms with E-state index in [1.807, 2.05) is 36.1 Å². The molecule has 0 saturated carbocycles. The van der Waals surface area contributed by atoms with Gasteiger partial charge in [0.2, 0.25) is 0 Å². The molecular weight excluding hydrogens is 395 g/mol. The summed E-state index contributed by atoms with van der Waals surface area (Å²) < 4.78 is 40.5. The van der Waals surface area contributed by atoms with Crippen LogP contribution in [0, 0.1) is 6.92 Å². The highest BCUT2D eigenvalue weighted by atomic mass is 19.4. The average Bonchev–Trinajstić information content (AvgIpc) is 3.18. The maximum atomic E-state index is 13.1. The van der Waals surface area contributed by atoms with Crippen LogP contribution in [0.1, 0.15) is 11.4 Å². The summed E-state index contributed by atoms with van der Waals surface area (Å²) in [4.78, 5) is 21.6. The third-order valence-electron chi connectivity index (χ3n) is 5.25. The molecule has 0 unspecified atom stereocenters. The topological polar surface area (TPSA) is 62.5 Å². The number of fused-ring (bicyclic) bond motifs is 2. The molecule has 7 nitrogen and oxygen atoms in total. The standard InChI is InChI=1S/C20H18F3N7/c1-13-17(26-15-5-3-2-4-14(15)25-13)28-8-10-29(11-9-28)18-19-27-16(20(21,22)23)12-30(19)7-6-24-18/h2-7,12H,8-11H2,1H3. The Morgan fingerprint density at radius 1 is 0.867 bits per heavy atom. The van der Waals surface area contributed by atoms with Gasteiger partial charge in [0.25, 0.3) is 0 Å². The molecule has 1 aliphatic rings. The first-order valence-electron chi connectivity index (χ1n) is 9.54. The van der Waals surface area contributed by atoms with E-state index in [1.165, 1.54) is 16.8 Å². The van der Waals surface area contributed by atoms with Crippen LogP contribution in [0.4, 0.5) is 24.8 Å². The SMILES string of the molecule is Cc1nc2ccccc2nc1N1CCN(c2nccn3cc(C(F)(F)F)nc23)CC1. The Hall–Kier alpha value is -3.43. The molecular formula is C20H18F3N7. The first-order valence-corrected chi connectivity index (χ1v) is 9.54. The van der Waals surface area contributed by atoms with Gasteiger partial charge in [0.05, 0.1) is 16.7 Å². The molecule has 1 aromatic carbocycles. The molecule has 1 aliphatic heterocycles. The summed E-state index contributed by atoms with van der Waals surface area (Å²) in [6.07, 6.45) is -0.528. The lowest BCUT2D eigenvalue weighted by Crippen LogP contribution is -2.47. The minimum absolute atomic E-state index is 0.208. The van der Waals surface area contributed by atoms with Crippen LogP contribution in [0.2, 0.25) is 0 Å². The second-order valence-corrected chi connectivity index (χ2v) is 7.20. The molecule has 0 bridgehead atoms. The number of aryl methyl sites for hydroxylation is 1. The lowest BCUT2D eigenvalue weighted by molar-refractivity contribution is -0.140. The molecule has 0 amide bonds. The Morgan fingerprint density at radius 3 is 2.17 bits per heavy atom. The third kappa shape index (κ3) is 3.17.